The van der Waals surface area contributed by atoms with Gasteiger partial charge in [0.1, 0.15) is 5.75 Å². The number of nitrogens with zero attached hydrogens (tertiary/aromatic N) is 1. The van der Waals surface area contributed by atoms with Gasteiger partial charge in [-0.15, -0.1) is 0 Å². The van der Waals surface area contributed by atoms with Crippen molar-refractivity contribution in [2.24, 2.45) is 5.84 Å². The summed E-state index contributed by atoms with van der Waals surface area (Å²) in [6.07, 6.45) is 1.00. The highest BCUT2D eigenvalue weighted by molar-refractivity contribution is 5.31. The molecule has 0 aromatic heterocycles. The standard InChI is InChI=1S/C15H27N3O/c1-6-15(3,18(4)5)14(17-16)12-8-10-13(11-9-12)19-7-2/h8-11,14,17H,6-7,16H2,1-5H3. The SMILES string of the molecule is CCOc1ccc(C(NN)C(C)(CC)N(C)C)cc1. The molecular formula is C15H27N3O. The lowest BCUT2D eigenvalue weighted by Gasteiger charge is -2.42. The van der Waals surface area contributed by atoms with Crippen LogP contribution < -0.4 is 16.0 Å². The number of rotatable bonds is 7. The van der Waals surface area contributed by atoms with E-state index < -0.39 is 0 Å². The number of benzene rings is 1. The van der Waals surface area contributed by atoms with E-state index in [-0.39, 0.29) is 11.6 Å². The molecule has 0 saturated carbocycles. The maximum Gasteiger partial charge on any atom is 0.119 e. The molecule has 0 fully saturated rings. The van der Waals surface area contributed by atoms with E-state index in [1.165, 1.54) is 5.56 Å². The summed E-state index contributed by atoms with van der Waals surface area (Å²) >= 11 is 0. The first kappa shape index (κ1) is 16.0. The van der Waals surface area contributed by atoms with Crippen LogP contribution in [0, 0.1) is 0 Å². The topological polar surface area (TPSA) is 50.5 Å². The number of hydrazine groups is 1. The average molecular weight is 265 g/mol. The van der Waals surface area contributed by atoms with Crippen LogP contribution in [0.3, 0.4) is 0 Å². The molecule has 0 bridgehead atoms. The molecule has 1 rings (SSSR count). The molecule has 0 amide bonds. The molecule has 0 aliphatic rings. The second kappa shape index (κ2) is 6.89. The van der Waals surface area contributed by atoms with Gasteiger partial charge in [-0.05, 0) is 52.1 Å². The summed E-state index contributed by atoms with van der Waals surface area (Å²) in [6, 6.07) is 8.21. The highest BCUT2D eigenvalue weighted by Crippen LogP contribution is 2.32. The largest absolute Gasteiger partial charge is 0.494 e. The summed E-state index contributed by atoms with van der Waals surface area (Å²) in [7, 11) is 4.17. The third kappa shape index (κ3) is 3.47. The van der Waals surface area contributed by atoms with Gasteiger partial charge in [-0.2, -0.15) is 0 Å². The van der Waals surface area contributed by atoms with Crippen LogP contribution in [0.4, 0.5) is 0 Å². The Balaban J connectivity index is 3.02. The summed E-state index contributed by atoms with van der Waals surface area (Å²) in [4.78, 5) is 2.22. The molecule has 0 aliphatic heterocycles. The van der Waals surface area contributed by atoms with E-state index in [1.54, 1.807) is 0 Å². The van der Waals surface area contributed by atoms with Gasteiger partial charge in [0.05, 0.1) is 12.6 Å². The molecule has 108 valence electrons. The van der Waals surface area contributed by atoms with Crippen LogP contribution in [-0.4, -0.2) is 31.1 Å². The quantitative estimate of drug-likeness (QED) is 0.587. The first-order chi connectivity index (χ1) is 8.99. The summed E-state index contributed by atoms with van der Waals surface area (Å²) in [5.74, 6) is 6.69. The Bertz CT molecular complexity index is 377. The first-order valence-corrected chi connectivity index (χ1v) is 6.85. The molecule has 19 heavy (non-hydrogen) atoms. The van der Waals surface area contributed by atoms with Gasteiger partial charge >= 0.3 is 0 Å². The van der Waals surface area contributed by atoms with Crippen molar-refractivity contribution in [1.82, 2.24) is 10.3 Å². The predicted octanol–water partition coefficient (Wildman–Crippen LogP) is 2.32. The van der Waals surface area contributed by atoms with E-state index in [1.807, 2.05) is 19.1 Å². The molecular weight excluding hydrogens is 238 g/mol. The lowest BCUT2D eigenvalue weighted by molar-refractivity contribution is 0.113. The zero-order chi connectivity index (χ0) is 14.5. The van der Waals surface area contributed by atoms with Crippen molar-refractivity contribution in [2.45, 2.75) is 38.8 Å². The number of nitrogens with one attached hydrogen (secondary N) is 1. The summed E-state index contributed by atoms with van der Waals surface area (Å²) in [5, 5.41) is 0. The number of hydrogen-bond donors (Lipinski definition) is 2. The number of hydrogen-bond acceptors (Lipinski definition) is 4. The van der Waals surface area contributed by atoms with Gasteiger partial charge in [0.2, 0.25) is 0 Å². The van der Waals surface area contributed by atoms with Crippen molar-refractivity contribution in [3.8, 4) is 5.75 Å². The molecule has 4 nitrogen and oxygen atoms in total. The van der Waals surface area contributed by atoms with Crippen LogP contribution in [0.1, 0.15) is 38.8 Å². The second-order valence-corrected chi connectivity index (χ2v) is 5.21. The normalized spacial score (nSPS) is 16.2. The third-order valence-corrected chi connectivity index (χ3v) is 4.05. The minimum Gasteiger partial charge on any atom is -0.494 e. The van der Waals surface area contributed by atoms with E-state index in [0.717, 1.165) is 12.2 Å². The van der Waals surface area contributed by atoms with Gasteiger partial charge in [0.25, 0.3) is 0 Å². The lowest BCUT2D eigenvalue weighted by atomic mass is 9.84. The molecule has 0 heterocycles. The Hall–Kier alpha value is -1.10. The van der Waals surface area contributed by atoms with Crippen LogP contribution in [0.5, 0.6) is 5.75 Å². The Morgan fingerprint density at radius 1 is 1.26 bits per heavy atom. The Labute approximate surface area is 116 Å². The summed E-state index contributed by atoms with van der Waals surface area (Å²) < 4.78 is 5.47. The van der Waals surface area contributed by atoms with Crippen molar-refractivity contribution in [2.75, 3.05) is 20.7 Å². The highest BCUT2D eigenvalue weighted by atomic mass is 16.5. The molecule has 0 spiro atoms. The predicted molar refractivity (Wildman–Crippen MR) is 80.1 cm³/mol. The second-order valence-electron chi connectivity index (χ2n) is 5.21. The molecule has 2 atom stereocenters. The smallest absolute Gasteiger partial charge is 0.119 e. The third-order valence-electron chi connectivity index (χ3n) is 4.05. The maximum absolute atomic E-state index is 5.79. The van der Waals surface area contributed by atoms with Crippen LogP contribution in [-0.2, 0) is 0 Å². The van der Waals surface area contributed by atoms with E-state index >= 15 is 0 Å². The van der Waals surface area contributed by atoms with Gasteiger partial charge in [0, 0.05) is 5.54 Å². The minimum atomic E-state index is -0.0398. The van der Waals surface area contributed by atoms with Gasteiger partial charge < -0.3 is 9.64 Å². The monoisotopic (exact) mass is 265 g/mol. The fraction of sp³-hybridized carbons (Fsp3) is 0.600. The minimum absolute atomic E-state index is 0.0398. The van der Waals surface area contributed by atoms with Crippen LogP contribution in [0.25, 0.3) is 0 Å². The van der Waals surface area contributed by atoms with Gasteiger partial charge in [0.15, 0.2) is 0 Å². The lowest BCUT2D eigenvalue weighted by Crippen LogP contribution is -2.52. The molecule has 4 heteroatoms. The van der Waals surface area contributed by atoms with Crippen molar-refractivity contribution in [3.63, 3.8) is 0 Å². The van der Waals surface area contributed by atoms with Gasteiger partial charge in [-0.25, -0.2) is 0 Å². The van der Waals surface area contributed by atoms with Crippen molar-refractivity contribution >= 4 is 0 Å². The van der Waals surface area contributed by atoms with Crippen LogP contribution in [0.15, 0.2) is 24.3 Å². The van der Waals surface area contributed by atoms with Crippen LogP contribution >= 0.6 is 0 Å². The average Bonchev–Trinajstić information content (AvgIpc) is 2.41. The Morgan fingerprint density at radius 3 is 2.21 bits per heavy atom. The fourth-order valence-electron chi connectivity index (χ4n) is 2.34. The molecule has 0 saturated heterocycles. The summed E-state index contributed by atoms with van der Waals surface area (Å²) in [6.45, 7) is 7.06. The highest BCUT2D eigenvalue weighted by Gasteiger charge is 2.35. The van der Waals surface area contributed by atoms with Gasteiger partial charge in [-0.3, -0.25) is 11.3 Å². The van der Waals surface area contributed by atoms with Crippen molar-refractivity contribution < 1.29 is 4.74 Å². The Kier molecular flexibility index (Phi) is 5.79. The number of likely N-dealkylation sites (N-methyl/N-ethyl adjacent to an activating group) is 1. The van der Waals surface area contributed by atoms with Crippen molar-refractivity contribution in [1.29, 1.82) is 0 Å². The van der Waals surface area contributed by atoms with E-state index in [2.05, 4.69) is 50.4 Å². The molecule has 0 radical (unpaired) electrons. The van der Waals surface area contributed by atoms with Crippen LogP contribution in [0.2, 0.25) is 0 Å². The first-order valence-electron chi connectivity index (χ1n) is 6.85. The fourth-order valence-corrected chi connectivity index (χ4v) is 2.34. The Morgan fingerprint density at radius 2 is 1.84 bits per heavy atom. The maximum atomic E-state index is 5.79. The molecule has 1 aromatic carbocycles. The number of ether oxygens (including phenoxy) is 1. The van der Waals surface area contributed by atoms with E-state index in [4.69, 9.17) is 10.6 Å². The molecule has 0 aliphatic carbocycles. The van der Waals surface area contributed by atoms with E-state index in [0.29, 0.717) is 6.61 Å². The summed E-state index contributed by atoms with van der Waals surface area (Å²) in [5.41, 5.74) is 4.09. The molecule has 2 unspecified atom stereocenters. The zero-order valence-electron chi connectivity index (χ0n) is 12.7. The van der Waals surface area contributed by atoms with Crippen molar-refractivity contribution in [3.05, 3.63) is 29.8 Å². The zero-order valence-corrected chi connectivity index (χ0v) is 12.7. The molecule has 1 aromatic rings. The number of nitrogens with two attached hydrogens (primary N) is 1. The van der Waals surface area contributed by atoms with Gasteiger partial charge in [-0.1, -0.05) is 19.1 Å². The van der Waals surface area contributed by atoms with E-state index in [9.17, 15) is 0 Å². The molecule has 3 N–H and O–H groups in total.